The number of halogens is 2. The third-order valence-corrected chi connectivity index (χ3v) is 6.58. The van der Waals surface area contributed by atoms with E-state index in [4.69, 9.17) is 32.4 Å². The van der Waals surface area contributed by atoms with Crippen LogP contribution in [0.4, 0.5) is 11.6 Å². The van der Waals surface area contributed by atoms with Gasteiger partial charge in [-0.3, -0.25) is 0 Å². The van der Waals surface area contributed by atoms with E-state index in [-0.39, 0.29) is 21.7 Å². The van der Waals surface area contributed by atoms with Crippen molar-refractivity contribution in [3.63, 3.8) is 0 Å². The first-order chi connectivity index (χ1) is 14.9. The van der Waals surface area contributed by atoms with E-state index in [1.165, 1.54) is 24.3 Å². The highest BCUT2D eigenvalue weighted by atomic mass is 35.5. The van der Waals surface area contributed by atoms with Crippen LogP contribution in [-0.2, 0) is 9.84 Å². The number of nitrogens with one attached hydrogen (secondary N) is 1. The zero-order valence-corrected chi connectivity index (χ0v) is 18.5. The van der Waals surface area contributed by atoms with E-state index in [1.807, 2.05) is 0 Å². The fraction of sp³-hybridized carbons (Fsp3) is 0.0455. The van der Waals surface area contributed by atoms with Crippen LogP contribution in [0.2, 0.25) is 10.0 Å². The normalized spacial score (nSPS) is 11.3. The molecule has 0 unspecified atom stereocenters. The Morgan fingerprint density at radius 1 is 0.935 bits per heavy atom. The van der Waals surface area contributed by atoms with Gasteiger partial charge in [0, 0.05) is 27.4 Å². The van der Waals surface area contributed by atoms with Crippen LogP contribution in [0.25, 0.3) is 11.5 Å². The fourth-order valence-electron chi connectivity index (χ4n) is 2.84. The Labute approximate surface area is 189 Å². The molecule has 0 radical (unpaired) electrons. The SMILES string of the molecule is COc1cccc(Nc2oc(-c3ccc(Cl)cc3)nc2S(=O)(=O)c2ccc(Cl)cc2)c1. The highest BCUT2D eigenvalue weighted by molar-refractivity contribution is 7.91. The molecular weight excluding hydrogens is 459 g/mol. The van der Waals surface area contributed by atoms with Crippen molar-refractivity contribution in [3.05, 3.63) is 82.8 Å². The van der Waals surface area contributed by atoms with Gasteiger partial charge in [0.2, 0.25) is 26.6 Å². The van der Waals surface area contributed by atoms with Gasteiger partial charge in [0.1, 0.15) is 5.75 Å². The molecule has 0 amide bonds. The Kier molecular flexibility index (Phi) is 5.91. The molecule has 4 rings (SSSR count). The molecule has 0 aliphatic heterocycles. The number of methoxy groups -OCH3 is 1. The van der Waals surface area contributed by atoms with Crippen molar-refractivity contribution in [1.29, 1.82) is 0 Å². The third-order valence-electron chi connectivity index (χ3n) is 4.39. The summed E-state index contributed by atoms with van der Waals surface area (Å²) < 4.78 is 37.7. The molecule has 3 aromatic carbocycles. The topological polar surface area (TPSA) is 81.4 Å². The van der Waals surface area contributed by atoms with Gasteiger partial charge in [-0.25, -0.2) is 8.42 Å². The van der Waals surface area contributed by atoms with E-state index in [0.717, 1.165) is 0 Å². The summed E-state index contributed by atoms with van der Waals surface area (Å²) in [5, 5.41) is 3.72. The number of hydrogen-bond acceptors (Lipinski definition) is 6. The highest BCUT2D eigenvalue weighted by Gasteiger charge is 2.29. The minimum Gasteiger partial charge on any atom is -0.497 e. The van der Waals surface area contributed by atoms with Gasteiger partial charge in [-0.05, 0) is 60.7 Å². The first kappa shape index (κ1) is 21.2. The Bertz CT molecular complexity index is 1320. The number of nitrogens with zero attached hydrogens (tertiary/aromatic N) is 1. The Hall–Kier alpha value is -3.00. The standard InChI is InChI=1S/C22H16Cl2N2O4S/c1-29-18-4-2-3-17(13-18)25-21-22(31(27,28)19-11-9-16(24)10-12-19)26-20(30-21)14-5-7-15(23)8-6-14/h2-13,25H,1H3. The number of oxazole rings is 1. The number of benzene rings is 3. The maximum absolute atomic E-state index is 13.3. The van der Waals surface area contributed by atoms with Crippen LogP contribution in [0.15, 0.2) is 87.1 Å². The summed E-state index contributed by atoms with van der Waals surface area (Å²) in [5.41, 5.74) is 1.15. The molecule has 0 aliphatic rings. The molecule has 1 N–H and O–H groups in total. The summed E-state index contributed by atoms with van der Waals surface area (Å²) in [7, 11) is -2.46. The van der Waals surface area contributed by atoms with Gasteiger partial charge < -0.3 is 14.5 Å². The van der Waals surface area contributed by atoms with E-state index in [0.29, 0.717) is 27.0 Å². The predicted octanol–water partition coefficient (Wildman–Crippen LogP) is 6.23. The van der Waals surface area contributed by atoms with E-state index in [1.54, 1.807) is 55.6 Å². The largest absolute Gasteiger partial charge is 0.497 e. The summed E-state index contributed by atoms with van der Waals surface area (Å²) in [6.45, 7) is 0. The van der Waals surface area contributed by atoms with Crippen molar-refractivity contribution >= 4 is 44.6 Å². The van der Waals surface area contributed by atoms with Crippen LogP contribution >= 0.6 is 23.2 Å². The van der Waals surface area contributed by atoms with Gasteiger partial charge in [0.25, 0.3) is 0 Å². The summed E-state index contributed by atoms with van der Waals surface area (Å²) in [4.78, 5) is 4.34. The van der Waals surface area contributed by atoms with E-state index < -0.39 is 9.84 Å². The van der Waals surface area contributed by atoms with Crippen LogP contribution in [-0.4, -0.2) is 20.5 Å². The van der Waals surface area contributed by atoms with Gasteiger partial charge in [-0.1, -0.05) is 29.3 Å². The highest BCUT2D eigenvalue weighted by Crippen LogP contribution is 2.35. The molecule has 1 heterocycles. The smallest absolute Gasteiger partial charge is 0.238 e. The lowest BCUT2D eigenvalue weighted by molar-refractivity contribution is 0.415. The average molecular weight is 475 g/mol. The van der Waals surface area contributed by atoms with Crippen molar-refractivity contribution in [3.8, 4) is 17.2 Å². The number of sulfone groups is 1. The molecule has 0 aliphatic carbocycles. The first-order valence-corrected chi connectivity index (χ1v) is 11.3. The van der Waals surface area contributed by atoms with Crippen molar-refractivity contribution in [2.75, 3.05) is 12.4 Å². The maximum Gasteiger partial charge on any atom is 0.238 e. The Balaban J connectivity index is 1.83. The second-order valence-electron chi connectivity index (χ2n) is 6.47. The molecule has 0 spiro atoms. The Morgan fingerprint density at radius 3 is 2.23 bits per heavy atom. The van der Waals surface area contributed by atoms with Gasteiger partial charge in [0.05, 0.1) is 12.0 Å². The number of aromatic nitrogens is 1. The van der Waals surface area contributed by atoms with Crippen LogP contribution < -0.4 is 10.1 Å². The van der Waals surface area contributed by atoms with E-state index in [9.17, 15) is 8.42 Å². The molecule has 9 heteroatoms. The van der Waals surface area contributed by atoms with Gasteiger partial charge in [-0.2, -0.15) is 4.98 Å². The monoisotopic (exact) mass is 474 g/mol. The fourth-order valence-corrected chi connectivity index (χ4v) is 4.35. The van der Waals surface area contributed by atoms with Crippen LogP contribution in [0.3, 0.4) is 0 Å². The minimum absolute atomic E-state index is 0.0202. The molecule has 0 bridgehead atoms. The Morgan fingerprint density at radius 2 is 1.58 bits per heavy atom. The molecule has 4 aromatic rings. The van der Waals surface area contributed by atoms with E-state index in [2.05, 4.69) is 10.3 Å². The number of hydrogen-bond donors (Lipinski definition) is 1. The first-order valence-electron chi connectivity index (χ1n) is 9.05. The molecule has 1 aromatic heterocycles. The number of anilines is 2. The third kappa shape index (κ3) is 4.54. The van der Waals surface area contributed by atoms with Crippen molar-refractivity contribution in [2.45, 2.75) is 9.92 Å². The zero-order chi connectivity index (χ0) is 22.0. The molecule has 0 atom stereocenters. The molecule has 31 heavy (non-hydrogen) atoms. The summed E-state index contributed by atoms with van der Waals surface area (Å²) in [6, 6.07) is 19.6. The lowest BCUT2D eigenvalue weighted by Gasteiger charge is -2.07. The number of ether oxygens (including phenoxy) is 1. The van der Waals surface area contributed by atoms with Crippen LogP contribution in [0.5, 0.6) is 5.75 Å². The molecule has 158 valence electrons. The molecule has 0 fully saturated rings. The van der Waals surface area contributed by atoms with Crippen molar-refractivity contribution < 1.29 is 17.6 Å². The predicted molar refractivity (Wildman–Crippen MR) is 120 cm³/mol. The lowest BCUT2D eigenvalue weighted by atomic mass is 10.2. The number of rotatable bonds is 6. The summed E-state index contributed by atoms with van der Waals surface area (Å²) in [5.74, 6) is 0.715. The van der Waals surface area contributed by atoms with Gasteiger partial charge in [-0.15, -0.1) is 0 Å². The van der Waals surface area contributed by atoms with Gasteiger partial charge in [0.15, 0.2) is 0 Å². The zero-order valence-electron chi connectivity index (χ0n) is 16.2. The van der Waals surface area contributed by atoms with Crippen LogP contribution in [0.1, 0.15) is 0 Å². The maximum atomic E-state index is 13.3. The average Bonchev–Trinajstić information content (AvgIpc) is 3.19. The summed E-state index contributed by atoms with van der Waals surface area (Å²) in [6.07, 6.45) is 0. The van der Waals surface area contributed by atoms with Crippen molar-refractivity contribution in [2.24, 2.45) is 0 Å². The van der Waals surface area contributed by atoms with Crippen LogP contribution in [0, 0.1) is 0 Å². The molecule has 0 saturated heterocycles. The molecular formula is C22H16Cl2N2O4S. The second kappa shape index (κ2) is 8.63. The minimum atomic E-state index is -4.00. The van der Waals surface area contributed by atoms with Gasteiger partial charge >= 0.3 is 0 Å². The molecule has 6 nitrogen and oxygen atoms in total. The lowest BCUT2D eigenvalue weighted by Crippen LogP contribution is -2.05. The van der Waals surface area contributed by atoms with Crippen molar-refractivity contribution in [1.82, 2.24) is 4.98 Å². The summed E-state index contributed by atoms with van der Waals surface area (Å²) >= 11 is 11.9. The molecule has 0 saturated carbocycles. The quantitative estimate of drug-likeness (QED) is 0.356. The van der Waals surface area contributed by atoms with E-state index >= 15 is 0 Å². The second-order valence-corrected chi connectivity index (χ2v) is 9.21.